The molecule has 0 atom stereocenters. The Balaban J connectivity index is 2.79. The molecule has 1 nitrogen and oxygen atoms in total. The minimum absolute atomic E-state index is 1.08. The lowest BCUT2D eigenvalue weighted by molar-refractivity contribution is 1.33. The van der Waals surface area contributed by atoms with Crippen LogP contribution in [0.4, 0.5) is 0 Å². The molecular weight excluding hydrogens is 261 g/mol. The van der Waals surface area contributed by atoms with E-state index < -0.39 is 0 Å². The van der Waals surface area contributed by atoms with Crippen molar-refractivity contribution in [3.8, 4) is 0 Å². The van der Waals surface area contributed by atoms with Gasteiger partial charge in [-0.25, -0.2) is 0 Å². The van der Waals surface area contributed by atoms with E-state index in [4.69, 9.17) is 0 Å². The minimum atomic E-state index is 1.08. The molecule has 2 heteroatoms. The molecule has 0 saturated heterocycles. The van der Waals surface area contributed by atoms with E-state index in [0.29, 0.717) is 0 Å². The summed E-state index contributed by atoms with van der Waals surface area (Å²) >= 11 is 2.30. The van der Waals surface area contributed by atoms with Crippen molar-refractivity contribution in [2.45, 2.75) is 6.92 Å². The summed E-state index contributed by atoms with van der Waals surface area (Å²) in [7, 11) is 0. The number of hydrogen-bond donors (Lipinski definition) is 0. The molecule has 2 rings (SSSR count). The van der Waals surface area contributed by atoms with Crippen LogP contribution in [0.2, 0.25) is 0 Å². The second-order valence-electron chi connectivity index (χ2n) is 2.85. The number of rotatable bonds is 0. The fraction of sp³-hybridized carbons (Fsp3) is 0.100. The highest BCUT2D eigenvalue weighted by Gasteiger charge is 1.94. The maximum Gasteiger partial charge on any atom is 0.0712 e. The van der Waals surface area contributed by atoms with Crippen LogP contribution < -0.4 is 0 Å². The van der Waals surface area contributed by atoms with Crippen molar-refractivity contribution in [1.29, 1.82) is 0 Å². The first kappa shape index (κ1) is 7.98. The number of pyridine rings is 1. The molecule has 0 radical (unpaired) electrons. The summed E-state index contributed by atoms with van der Waals surface area (Å²) in [5.74, 6) is 0. The highest BCUT2D eigenvalue weighted by atomic mass is 127. The minimum Gasteiger partial charge on any atom is -0.256 e. The Kier molecular flexibility index (Phi) is 2.00. The van der Waals surface area contributed by atoms with E-state index in [0.717, 1.165) is 5.52 Å². The molecule has 60 valence electrons. The zero-order valence-electron chi connectivity index (χ0n) is 6.71. The molecule has 0 bridgehead atoms. The van der Waals surface area contributed by atoms with Crippen molar-refractivity contribution in [3.63, 3.8) is 0 Å². The first-order valence-corrected chi connectivity index (χ1v) is 4.85. The van der Waals surface area contributed by atoms with Gasteiger partial charge in [0.15, 0.2) is 0 Å². The second-order valence-corrected chi connectivity index (χ2v) is 4.10. The number of hydrogen-bond acceptors (Lipinski definition) is 1. The molecule has 12 heavy (non-hydrogen) atoms. The fourth-order valence-corrected chi connectivity index (χ4v) is 1.68. The molecule has 0 N–H and O–H groups in total. The summed E-state index contributed by atoms with van der Waals surface area (Å²) < 4.78 is 1.23. The molecule has 0 unspecified atom stereocenters. The second kappa shape index (κ2) is 3.01. The number of nitrogens with zero attached hydrogens (tertiary/aromatic N) is 1. The van der Waals surface area contributed by atoms with E-state index >= 15 is 0 Å². The smallest absolute Gasteiger partial charge is 0.0712 e. The molecular formula is C10H8IN. The lowest BCUT2D eigenvalue weighted by Gasteiger charge is -1.98. The third-order valence-electron chi connectivity index (χ3n) is 1.78. The predicted molar refractivity (Wildman–Crippen MR) is 59.2 cm³/mol. The zero-order valence-corrected chi connectivity index (χ0v) is 8.87. The summed E-state index contributed by atoms with van der Waals surface area (Å²) in [6.07, 6.45) is 1.90. The van der Waals surface area contributed by atoms with E-state index in [9.17, 15) is 0 Å². The fourth-order valence-electron chi connectivity index (χ4n) is 1.20. The van der Waals surface area contributed by atoms with Crippen LogP contribution in [0.5, 0.6) is 0 Å². The average Bonchev–Trinajstić information content (AvgIpc) is 2.05. The van der Waals surface area contributed by atoms with E-state index in [-0.39, 0.29) is 0 Å². The van der Waals surface area contributed by atoms with Gasteiger partial charge in [-0.3, -0.25) is 4.98 Å². The summed E-state index contributed by atoms with van der Waals surface area (Å²) in [5.41, 5.74) is 2.29. The standard InChI is InChI=1S/C10H8IN/c1-7-4-8-2-3-9(11)5-10(8)12-6-7/h2-6H,1H3. The van der Waals surface area contributed by atoms with Gasteiger partial charge in [-0.2, -0.15) is 0 Å². The van der Waals surface area contributed by atoms with Crippen LogP contribution >= 0.6 is 22.6 Å². The quantitative estimate of drug-likeness (QED) is 0.669. The Bertz CT molecular complexity index is 382. The maximum absolute atomic E-state index is 4.34. The SMILES string of the molecule is Cc1cnc2cc(I)ccc2c1. The van der Waals surface area contributed by atoms with Crippen molar-refractivity contribution in [2.75, 3.05) is 0 Å². The lowest BCUT2D eigenvalue weighted by atomic mass is 10.2. The van der Waals surface area contributed by atoms with Gasteiger partial charge in [0.25, 0.3) is 0 Å². The van der Waals surface area contributed by atoms with E-state index in [2.05, 4.69) is 58.8 Å². The molecule has 2 aromatic rings. The van der Waals surface area contributed by atoms with Gasteiger partial charge in [0.1, 0.15) is 0 Å². The summed E-state index contributed by atoms with van der Waals surface area (Å²) in [6, 6.07) is 8.45. The van der Waals surface area contributed by atoms with E-state index in [1.165, 1.54) is 14.5 Å². The van der Waals surface area contributed by atoms with Crippen LogP contribution in [0.25, 0.3) is 10.9 Å². The van der Waals surface area contributed by atoms with Crippen molar-refractivity contribution in [1.82, 2.24) is 4.98 Å². The number of benzene rings is 1. The number of fused-ring (bicyclic) bond motifs is 1. The predicted octanol–water partition coefficient (Wildman–Crippen LogP) is 3.15. The highest BCUT2D eigenvalue weighted by molar-refractivity contribution is 14.1. The average molecular weight is 269 g/mol. The van der Waals surface area contributed by atoms with Gasteiger partial charge in [0.05, 0.1) is 5.52 Å². The molecule has 0 spiro atoms. The number of halogens is 1. The summed E-state index contributed by atoms with van der Waals surface area (Å²) in [5, 5.41) is 1.22. The Labute approximate surface area is 85.0 Å². The van der Waals surface area contributed by atoms with Gasteiger partial charge in [0.2, 0.25) is 0 Å². The van der Waals surface area contributed by atoms with Crippen LogP contribution in [0.1, 0.15) is 5.56 Å². The van der Waals surface area contributed by atoms with Crippen LogP contribution in [0.15, 0.2) is 30.5 Å². The molecule has 0 fully saturated rings. The highest BCUT2D eigenvalue weighted by Crippen LogP contribution is 2.15. The first-order chi connectivity index (χ1) is 5.75. The molecule has 0 aliphatic carbocycles. The summed E-state index contributed by atoms with van der Waals surface area (Å²) in [6.45, 7) is 2.06. The van der Waals surface area contributed by atoms with E-state index in [1.807, 2.05) is 6.20 Å². The van der Waals surface area contributed by atoms with Crippen molar-refractivity contribution in [2.24, 2.45) is 0 Å². The Morgan fingerprint density at radius 3 is 2.92 bits per heavy atom. The normalized spacial score (nSPS) is 10.5. The van der Waals surface area contributed by atoms with Gasteiger partial charge < -0.3 is 0 Å². The van der Waals surface area contributed by atoms with Crippen LogP contribution in [-0.4, -0.2) is 4.98 Å². The van der Waals surface area contributed by atoms with Crippen LogP contribution in [-0.2, 0) is 0 Å². The Morgan fingerprint density at radius 2 is 2.08 bits per heavy atom. The molecule has 0 aliphatic rings. The monoisotopic (exact) mass is 269 g/mol. The molecule has 0 amide bonds. The molecule has 0 aliphatic heterocycles. The van der Waals surface area contributed by atoms with Gasteiger partial charge in [-0.15, -0.1) is 0 Å². The molecule has 1 aromatic heterocycles. The van der Waals surface area contributed by atoms with Crippen molar-refractivity contribution >= 4 is 33.5 Å². The summed E-state index contributed by atoms with van der Waals surface area (Å²) in [4.78, 5) is 4.34. The van der Waals surface area contributed by atoms with Crippen molar-refractivity contribution in [3.05, 3.63) is 39.6 Å². The van der Waals surface area contributed by atoms with Crippen molar-refractivity contribution < 1.29 is 0 Å². The van der Waals surface area contributed by atoms with E-state index in [1.54, 1.807) is 0 Å². The van der Waals surface area contributed by atoms with Gasteiger partial charge in [-0.1, -0.05) is 6.07 Å². The lowest BCUT2D eigenvalue weighted by Crippen LogP contribution is -1.81. The van der Waals surface area contributed by atoms with Gasteiger partial charge >= 0.3 is 0 Å². The maximum atomic E-state index is 4.34. The van der Waals surface area contributed by atoms with Crippen LogP contribution in [0, 0.1) is 10.5 Å². The molecule has 1 heterocycles. The topological polar surface area (TPSA) is 12.9 Å². The third kappa shape index (κ3) is 1.43. The molecule has 0 saturated carbocycles. The van der Waals surface area contributed by atoms with Gasteiger partial charge in [-0.05, 0) is 53.3 Å². The molecule has 1 aromatic carbocycles. The third-order valence-corrected chi connectivity index (χ3v) is 2.45. The Hall–Kier alpha value is -0.640. The largest absolute Gasteiger partial charge is 0.256 e. The van der Waals surface area contributed by atoms with Gasteiger partial charge in [0, 0.05) is 15.2 Å². The zero-order chi connectivity index (χ0) is 8.55. The Morgan fingerprint density at radius 1 is 1.25 bits per heavy atom. The number of aryl methyl sites for hydroxylation is 1. The van der Waals surface area contributed by atoms with Crippen LogP contribution in [0.3, 0.4) is 0 Å². The number of aromatic nitrogens is 1. The first-order valence-electron chi connectivity index (χ1n) is 3.77.